The largest absolute Gasteiger partial charge is 0.481 e. The highest BCUT2D eigenvalue weighted by Crippen LogP contribution is 2.40. The first-order valence-corrected chi connectivity index (χ1v) is 13.9. The molecule has 0 aromatic rings. The highest BCUT2D eigenvalue weighted by atomic mass is 16.4. The van der Waals surface area contributed by atoms with Crippen LogP contribution in [0.15, 0.2) is 0 Å². The molecule has 2 atom stereocenters. The molecule has 0 heterocycles. The van der Waals surface area contributed by atoms with Gasteiger partial charge in [-0.2, -0.15) is 0 Å². The molecule has 0 spiro atoms. The summed E-state index contributed by atoms with van der Waals surface area (Å²) >= 11 is 0. The molecule has 3 fully saturated rings. The maximum Gasteiger partial charge on any atom is 0.306 e. The minimum absolute atomic E-state index is 0.0784. The normalized spacial score (nSPS) is 34.0. The molecular weight excluding hydrogens is 367 g/mol. The van der Waals surface area contributed by atoms with Gasteiger partial charge in [-0.05, 0) is 24.7 Å². The molecule has 1 N–H and O–H groups in total. The molecule has 0 aromatic heterocycles. The lowest BCUT2D eigenvalue weighted by Crippen LogP contribution is -2.23. The molecule has 0 saturated heterocycles. The van der Waals surface area contributed by atoms with Gasteiger partial charge in [0.25, 0.3) is 0 Å². The van der Waals surface area contributed by atoms with E-state index >= 15 is 0 Å². The van der Waals surface area contributed by atoms with E-state index < -0.39 is 5.97 Å². The molecule has 0 radical (unpaired) electrons. The Morgan fingerprint density at radius 1 is 0.533 bits per heavy atom. The summed E-state index contributed by atoms with van der Waals surface area (Å²) in [7, 11) is 1.32. The Labute approximate surface area is 187 Å². The third-order valence-electron chi connectivity index (χ3n) is 8.99. The number of hydrogen-bond acceptors (Lipinski definition) is 1. The predicted molar refractivity (Wildman–Crippen MR) is 130 cm³/mol. The topological polar surface area (TPSA) is 37.3 Å². The van der Waals surface area contributed by atoms with E-state index in [1.165, 1.54) is 123 Å². The summed E-state index contributed by atoms with van der Waals surface area (Å²) < 4.78 is 0. The molecule has 3 aliphatic rings. The molecule has 0 aromatic carbocycles. The second kappa shape index (κ2) is 13.8. The maximum atomic E-state index is 11.8. The van der Waals surface area contributed by atoms with Crippen molar-refractivity contribution in [1.29, 1.82) is 0 Å². The quantitative estimate of drug-likeness (QED) is 0.469. The van der Waals surface area contributed by atoms with Crippen LogP contribution < -0.4 is 0 Å². The van der Waals surface area contributed by atoms with Crippen molar-refractivity contribution in [1.82, 2.24) is 0 Å². The Morgan fingerprint density at radius 3 is 1.53 bits per heavy atom. The Morgan fingerprint density at radius 2 is 0.967 bits per heavy atom. The van der Waals surface area contributed by atoms with Crippen LogP contribution in [0.5, 0.6) is 0 Å². The van der Waals surface area contributed by atoms with Crippen molar-refractivity contribution in [3.05, 3.63) is 0 Å². The minimum Gasteiger partial charge on any atom is -0.481 e. The van der Waals surface area contributed by atoms with Crippen LogP contribution in [0, 0.1) is 17.8 Å². The van der Waals surface area contributed by atoms with Crippen LogP contribution in [0.3, 0.4) is 0 Å². The van der Waals surface area contributed by atoms with Gasteiger partial charge in [0.2, 0.25) is 0 Å². The SMILES string of the molecule is O=C(O)C1CCCCCCCC(BC2CCCC(C3CCCCCCC3)CCC2)C1. The molecule has 3 saturated carbocycles. The summed E-state index contributed by atoms with van der Waals surface area (Å²) in [6, 6.07) is 0. The van der Waals surface area contributed by atoms with Crippen molar-refractivity contribution < 1.29 is 9.90 Å². The maximum absolute atomic E-state index is 11.8. The lowest BCUT2D eigenvalue weighted by Gasteiger charge is -2.33. The fourth-order valence-corrected chi connectivity index (χ4v) is 7.19. The Balaban J connectivity index is 1.47. The molecule has 3 rings (SSSR count). The zero-order chi connectivity index (χ0) is 21.0. The number of carboxylic acid groups (broad SMARTS) is 1. The molecule has 0 bridgehead atoms. The van der Waals surface area contributed by atoms with Crippen LogP contribution in [-0.4, -0.2) is 18.4 Å². The van der Waals surface area contributed by atoms with E-state index in [9.17, 15) is 9.90 Å². The van der Waals surface area contributed by atoms with Crippen LogP contribution in [-0.2, 0) is 4.79 Å². The van der Waals surface area contributed by atoms with Crippen molar-refractivity contribution >= 4 is 13.2 Å². The fourth-order valence-electron chi connectivity index (χ4n) is 7.19. The van der Waals surface area contributed by atoms with E-state index in [2.05, 4.69) is 0 Å². The minimum atomic E-state index is -0.528. The Kier molecular flexibility index (Phi) is 11.2. The first-order chi connectivity index (χ1) is 14.7. The molecular formula is C27H49BO2. The number of carbonyl (C=O) groups is 1. The zero-order valence-electron chi connectivity index (χ0n) is 19.8. The van der Waals surface area contributed by atoms with Gasteiger partial charge in [0, 0.05) is 0 Å². The van der Waals surface area contributed by atoms with Crippen LogP contribution in [0.25, 0.3) is 0 Å². The molecule has 3 aliphatic carbocycles. The van der Waals surface area contributed by atoms with E-state index in [0.717, 1.165) is 36.9 Å². The summed E-state index contributed by atoms with van der Waals surface area (Å²) in [6.45, 7) is 0. The second-order valence-electron chi connectivity index (χ2n) is 11.3. The summed E-state index contributed by atoms with van der Waals surface area (Å²) in [5.74, 6) is 2.96. The van der Waals surface area contributed by atoms with Gasteiger partial charge in [-0.3, -0.25) is 4.79 Å². The highest BCUT2D eigenvalue weighted by Gasteiger charge is 2.28. The summed E-state index contributed by atoms with van der Waals surface area (Å²) in [6.07, 6.45) is 28.6. The summed E-state index contributed by atoms with van der Waals surface area (Å²) in [5.41, 5.74) is 0. The number of carboxylic acids is 1. The van der Waals surface area contributed by atoms with Crippen molar-refractivity contribution in [2.75, 3.05) is 0 Å². The molecule has 0 aliphatic heterocycles. The second-order valence-corrected chi connectivity index (χ2v) is 11.3. The van der Waals surface area contributed by atoms with Gasteiger partial charge < -0.3 is 5.11 Å². The van der Waals surface area contributed by atoms with E-state index in [-0.39, 0.29) is 5.92 Å². The van der Waals surface area contributed by atoms with Crippen molar-refractivity contribution in [3.63, 3.8) is 0 Å². The molecule has 2 nitrogen and oxygen atoms in total. The number of aliphatic carboxylic acids is 1. The van der Waals surface area contributed by atoms with Gasteiger partial charge in [-0.15, -0.1) is 0 Å². The first kappa shape index (κ1) is 24.2. The van der Waals surface area contributed by atoms with Gasteiger partial charge in [-0.25, -0.2) is 0 Å². The van der Waals surface area contributed by atoms with Gasteiger partial charge in [0.1, 0.15) is 7.28 Å². The molecule has 2 unspecified atom stereocenters. The first-order valence-electron chi connectivity index (χ1n) is 13.9. The van der Waals surface area contributed by atoms with Crippen LogP contribution in [0.2, 0.25) is 11.6 Å². The molecule has 3 heteroatoms. The lowest BCUT2D eigenvalue weighted by molar-refractivity contribution is -0.142. The lowest BCUT2D eigenvalue weighted by atomic mass is 9.49. The van der Waals surface area contributed by atoms with Gasteiger partial charge in [-0.1, -0.05) is 134 Å². The van der Waals surface area contributed by atoms with Crippen LogP contribution in [0.1, 0.15) is 135 Å². The smallest absolute Gasteiger partial charge is 0.306 e. The highest BCUT2D eigenvalue weighted by molar-refractivity contribution is 6.39. The standard InChI is InChI=1S/C27H49BO2/c29-27(30)24-15-9-5-2-6-10-18-26(21-24)28-25-19-11-16-23(17-12-20-25)22-13-7-3-1-4-8-14-22/h22-26,28H,1-21H2,(H,29,30). The van der Waals surface area contributed by atoms with E-state index in [1.807, 2.05) is 0 Å². The van der Waals surface area contributed by atoms with Crippen LogP contribution >= 0.6 is 0 Å². The Bertz CT molecular complexity index is 461. The van der Waals surface area contributed by atoms with E-state index in [4.69, 9.17) is 0 Å². The van der Waals surface area contributed by atoms with Crippen LogP contribution in [0.4, 0.5) is 0 Å². The third kappa shape index (κ3) is 8.58. The van der Waals surface area contributed by atoms with Crippen molar-refractivity contribution in [2.45, 2.75) is 146 Å². The number of rotatable bonds is 4. The third-order valence-corrected chi connectivity index (χ3v) is 8.99. The zero-order valence-corrected chi connectivity index (χ0v) is 19.8. The van der Waals surface area contributed by atoms with Crippen molar-refractivity contribution in [2.24, 2.45) is 17.8 Å². The fraction of sp³-hybridized carbons (Fsp3) is 0.963. The summed E-state index contributed by atoms with van der Waals surface area (Å²) in [5, 5.41) is 9.71. The molecule has 0 amide bonds. The molecule has 30 heavy (non-hydrogen) atoms. The van der Waals surface area contributed by atoms with Crippen molar-refractivity contribution in [3.8, 4) is 0 Å². The number of hydrogen-bond donors (Lipinski definition) is 1. The Hall–Kier alpha value is -0.465. The van der Waals surface area contributed by atoms with Gasteiger partial charge >= 0.3 is 5.97 Å². The molecule has 172 valence electrons. The summed E-state index contributed by atoms with van der Waals surface area (Å²) in [4.78, 5) is 11.8. The van der Waals surface area contributed by atoms with Gasteiger partial charge in [0.15, 0.2) is 0 Å². The predicted octanol–water partition coefficient (Wildman–Crippen LogP) is 8.17. The van der Waals surface area contributed by atoms with E-state index in [0.29, 0.717) is 5.82 Å². The average molecular weight is 416 g/mol. The van der Waals surface area contributed by atoms with Gasteiger partial charge in [0.05, 0.1) is 5.92 Å². The average Bonchev–Trinajstić information content (AvgIpc) is 2.68. The van der Waals surface area contributed by atoms with E-state index in [1.54, 1.807) is 0 Å². The monoisotopic (exact) mass is 416 g/mol.